The molecule has 28 heavy (non-hydrogen) atoms. The van der Waals surface area contributed by atoms with E-state index in [0.717, 1.165) is 4.90 Å². The number of carbonyl (C=O) groups excluding carboxylic acids is 2. The first-order chi connectivity index (χ1) is 13.1. The predicted molar refractivity (Wildman–Crippen MR) is 94.0 cm³/mol. The Bertz CT molecular complexity index is 995. The van der Waals surface area contributed by atoms with E-state index in [1.165, 1.54) is 30.3 Å². The smallest absolute Gasteiger partial charge is 0.454 e. The fourth-order valence-corrected chi connectivity index (χ4v) is 2.99. The van der Waals surface area contributed by atoms with Gasteiger partial charge in [-0.3, -0.25) is 9.59 Å². The van der Waals surface area contributed by atoms with E-state index in [9.17, 15) is 32.3 Å². The number of aliphatic hydroxyl groups is 1. The summed E-state index contributed by atoms with van der Waals surface area (Å²) in [5, 5.41) is 10.3. The van der Waals surface area contributed by atoms with Crippen LogP contribution in [0.3, 0.4) is 0 Å². The molecule has 0 unspecified atom stereocenters. The molecule has 0 radical (unpaired) electrons. The molecule has 1 heterocycles. The first-order valence-electron chi connectivity index (χ1n) is 8.28. The number of fused-ring (bicyclic) bond motifs is 1. The molecule has 4 nitrogen and oxygen atoms in total. The number of ketones is 1. The van der Waals surface area contributed by atoms with Crippen LogP contribution in [0.4, 0.5) is 23.2 Å². The number of para-hydroxylation sites is 1. The third-order valence-corrected chi connectivity index (χ3v) is 4.47. The number of hydrogen-bond donors (Lipinski definition) is 1. The lowest BCUT2D eigenvalue weighted by Crippen LogP contribution is -2.32. The van der Waals surface area contributed by atoms with Crippen molar-refractivity contribution in [1.82, 2.24) is 0 Å². The molecule has 2 aromatic rings. The summed E-state index contributed by atoms with van der Waals surface area (Å²) in [6.45, 7) is 1.44. The van der Waals surface area contributed by atoms with E-state index in [4.69, 9.17) is 0 Å². The van der Waals surface area contributed by atoms with Gasteiger partial charge >= 0.3 is 6.18 Å². The summed E-state index contributed by atoms with van der Waals surface area (Å²) >= 11 is 0. The van der Waals surface area contributed by atoms with E-state index in [1.54, 1.807) is 19.1 Å². The highest BCUT2D eigenvalue weighted by atomic mass is 19.4. The number of aryl methyl sites for hydroxylation is 1. The zero-order valence-corrected chi connectivity index (χ0v) is 14.7. The third-order valence-electron chi connectivity index (χ3n) is 4.47. The topological polar surface area (TPSA) is 57.6 Å². The summed E-state index contributed by atoms with van der Waals surface area (Å²) in [6, 6.07) is 10.1. The molecule has 1 aliphatic heterocycles. The van der Waals surface area contributed by atoms with Gasteiger partial charge in [0, 0.05) is 5.56 Å². The molecule has 0 bridgehead atoms. The molecule has 0 saturated carbocycles. The van der Waals surface area contributed by atoms with Crippen LogP contribution in [0.2, 0.25) is 0 Å². The lowest BCUT2D eigenvalue weighted by Gasteiger charge is -2.23. The van der Waals surface area contributed by atoms with Crippen LogP contribution in [0.15, 0.2) is 48.0 Å². The van der Waals surface area contributed by atoms with Crippen LogP contribution in [0.5, 0.6) is 0 Å². The van der Waals surface area contributed by atoms with E-state index in [0.29, 0.717) is 11.1 Å². The zero-order valence-electron chi connectivity index (χ0n) is 14.7. The first kappa shape index (κ1) is 19.6. The molecular formula is C20H15F4NO3. The Labute approximate surface area is 157 Å². The normalized spacial score (nSPS) is 14.8. The molecular weight excluding hydrogens is 378 g/mol. The quantitative estimate of drug-likeness (QED) is 0.783. The highest BCUT2D eigenvalue weighted by Gasteiger charge is 2.44. The first-order valence-corrected chi connectivity index (χ1v) is 8.28. The number of nitrogens with zero attached hydrogens (tertiary/aromatic N) is 1. The molecule has 0 saturated heterocycles. The molecule has 8 heteroatoms. The summed E-state index contributed by atoms with van der Waals surface area (Å²) in [5.41, 5.74) is -0.132. The van der Waals surface area contributed by atoms with Gasteiger partial charge < -0.3 is 10.0 Å². The van der Waals surface area contributed by atoms with E-state index in [2.05, 4.69) is 0 Å². The van der Waals surface area contributed by atoms with Gasteiger partial charge in [0.1, 0.15) is 11.6 Å². The molecule has 0 fully saturated rings. The van der Waals surface area contributed by atoms with Gasteiger partial charge in [0.2, 0.25) is 5.91 Å². The minimum atomic E-state index is -5.23. The molecule has 0 atom stereocenters. The van der Waals surface area contributed by atoms with Crippen LogP contribution in [0.25, 0.3) is 5.76 Å². The Morgan fingerprint density at radius 1 is 1.18 bits per heavy atom. The van der Waals surface area contributed by atoms with Crippen molar-refractivity contribution in [2.75, 3.05) is 4.90 Å². The Balaban J connectivity index is 2.07. The molecule has 1 N–H and O–H groups in total. The Kier molecular flexibility index (Phi) is 4.97. The average Bonchev–Trinajstić information content (AvgIpc) is 2.74. The van der Waals surface area contributed by atoms with Crippen molar-refractivity contribution in [2.24, 2.45) is 0 Å². The molecule has 1 amide bonds. The van der Waals surface area contributed by atoms with E-state index >= 15 is 0 Å². The van der Waals surface area contributed by atoms with Crippen LogP contribution in [0, 0.1) is 12.7 Å². The number of aliphatic hydroxyl groups excluding tert-OH is 1. The van der Waals surface area contributed by atoms with Crippen molar-refractivity contribution in [3.63, 3.8) is 0 Å². The highest BCUT2D eigenvalue weighted by molar-refractivity contribution is 6.13. The monoisotopic (exact) mass is 393 g/mol. The number of rotatable bonds is 3. The molecule has 2 aromatic carbocycles. The summed E-state index contributed by atoms with van der Waals surface area (Å²) in [6.07, 6.45) is -6.15. The van der Waals surface area contributed by atoms with Crippen LogP contribution >= 0.6 is 0 Å². The summed E-state index contributed by atoms with van der Waals surface area (Å²) in [5.74, 6) is -4.45. The van der Waals surface area contributed by atoms with Gasteiger partial charge in [0.15, 0.2) is 0 Å². The lowest BCUT2D eigenvalue weighted by molar-refractivity contribution is -0.166. The standard InChI is InChI=1S/C20H15F4NO3/c1-11-6-7-12(8-15(11)21)10-25-16-5-3-2-4-13(16)18(27)14(9-17(25)26)19(28)20(22,23)24/h2-8,27H,9-10H2,1H3. The second-order valence-corrected chi connectivity index (χ2v) is 6.41. The predicted octanol–water partition coefficient (Wildman–Crippen LogP) is 4.47. The Morgan fingerprint density at radius 3 is 2.50 bits per heavy atom. The second kappa shape index (κ2) is 7.10. The molecule has 0 aliphatic carbocycles. The average molecular weight is 393 g/mol. The molecule has 0 aromatic heterocycles. The van der Waals surface area contributed by atoms with Crippen molar-refractivity contribution in [2.45, 2.75) is 26.1 Å². The zero-order chi connectivity index (χ0) is 20.6. The molecule has 0 spiro atoms. The summed E-state index contributed by atoms with van der Waals surface area (Å²) < 4.78 is 52.6. The number of carbonyl (C=O) groups is 2. The number of anilines is 1. The number of hydrogen-bond acceptors (Lipinski definition) is 3. The number of amides is 1. The van der Waals surface area contributed by atoms with Crippen LogP contribution in [0.1, 0.15) is 23.1 Å². The highest BCUT2D eigenvalue weighted by Crippen LogP contribution is 2.36. The maximum atomic E-state index is 13.8. The van der Waals surface area contributed by atoms with E-state index in [1.807, 2.05) is 0 Å². The third kappa shape index (κ3) is 3.62. The van der Waals surface area contributed by atoms with Crippen molar-refractivity contribution >= 4 is 23.1 Å². The van der Waals surface area contributed by atoms with Crippen molar-refractivity contribution in [1.29, 1.82) is 0 Å². The Hall–Kier alpha value is -3.16. The van der Waals surface area contributed by atoms with E-state index < -0.39 is 41.4 Å². The molecule has 3 rings (SSSR count). The van der Waals surface area contributed by atoms with Crippen molar-refractivity contribution in [3.8, 4) is 0 Å². The second-order valence-electron chi connectivity index (χ2n) is 6.41. The van der Waals surface area contributed by atoms with E-state index in [-0.39, 0.29) is 17.8 Å². The minimum Gasteiger partial charge on any atom is -0.507 e. The Morgan fingerprint density at radius 2 is 1.86 bits per heavy atom. The minimum absolute atomic E-state index is 0.0754. The largest absolute Gasteiger partial charge is 0.507 e. The fourth-order valence-electron chi connectivity index (χ4n) is 2.99. The maximum absolute atomic E-state index is 13.8. The van der Waals surface area contributed by atoms with Gasteiger partial charge in [-0.2, -0.15) is 13.2 Å². The summed E-state index contributed by atoms with van der Waals surface area (Å²) in [7, 11) is 0. The van der Waals surface area contributed by atoms with Gasteiger partial charge in [-0.1, -0.05) is 24.3 Å². The van der Waals surface area contributed by atoms with Crippen LogP contribution in [-0.2, 0) is 16.1 Å². The SMILES string of the molecule is Cc1ccc(CN2C(=O)CC(C(=O)C(F)(F)F)=C(O)c3ccccc32)cc1F. The number of halogens is 4. The van der Waals surface area contributed by atoms with Gasteiger partial charge in [0.25, 0.3) is 5.78 Å². The number of benzene rings is 2. The number of Topliss-reactive ketones (excluding diaryl/α,β-unsaturated/α-hetero) is 1. The van der Waals surface area contributed by atoms with Crippen LogP contribution < -0.4 is 4.90 Å². The van der Waals surface area contributed by atoms with Crippen LogP contribution in [-0.4, -0.2) is 23.0 Å². The van der Waals surface area contributed by atoms with Gasteiger partial charge in [0.05, 0.1) is 24.2 Å². The van der Waals surface area contributed by atoms with Crippen molar-refractivity contribution in [3.05, 3.63) is 70.5 Å². The maximum Gasteiger partial charge on any atom is 0.454 e. The molecule has 1 aliphatic rings. The summed E-state index contributed by atoms with van der Waals surface area (Å²) in [4.78, 5) is 25.5. The number of alkyl halides is 3. The fraction of sp³-hybridized carbons (Fsp3) is 0.200. The lowest BCUT2D eigenvalue weighted by atomic mass is 10.0. The molecule has 146 valence electrons. The van der Waals surface area contributed by atoms with Gasteiger partial charge in [-0.05, 0) is 36.2 Å². The van der Waals surface area contributed by atoms with Gasteiger partial charge in [-0.25, -0.2) is 4.39 Å². The van der Waals surface area contributed by atoms with Gasteiger partial charge in [-0.15, -0.1) is 0 Å². The van der Waals surface area contributed by atoms with Crippen molar-refractivity contribution < 1.29 is 32.3 Å².